The number of rotatable bonds is 3. The van der Waals surface area contributed by atoms with Crippen LogP contribution in [0.4, 0.5) is 11.6 Å². The smallest absolute Gasteiger partial charge is 0.275 e. The van der Waals surface area contributed by atoms with Crippen LogP contribution in [0.3, 0.4) is 0 Å². The SMILES string of the molecule is O=C(Nc1cnccn1)c1cc(N2CCCCC2)ncn1. The van der Waals surface area contributed by atoms with E-state index in [-0.39, 0.29) is 5.91 Å². The molecule has 2 aromatic heterocycles. The lowest BCUT2D eigenvalue weighted by molar-refractivity contribution is 0.102. The number of nitrogens with zero attached hydrogens (tertiary/aromatic N) is 5. The van der Waals surface area contributed by atoms with Crippen molar-refractivity contribution in [3.63, 3.8) is 0 Å². The van der Waals surface area contributed by atoms with Gasteiger partial charge in [0.15, 0.2) is 5.82 Å². The highest BCUT2D eigenvalue weighted by Crippen LogP contribution is 2.17. The van der Waals surface area contributed by atoms with Crippen molar-refractivity contribution in [1.29, 1.82) is 0 Å². The maximum Gasteiger partial charge on any atom is 0.275 e. The Morgan fingerprint density at radius 1 is 1.10 bits per heavy atom. The zero-order valence-corrected chi connectivity index (χ0v) is 11.6. The lowest BCUT2D eigenvalue weighted by Gasteiger charge is -2.27. The third-order valence-corrected chi connectivity index (χ3v) is 3.37. The largest absolute Gasteiger partial charge is 0.357 e. The Labute approximate surface area is 122 Å². The van der Waals surface area contributed by atoms with Crippen molar-refractivity contribution in [3.05, 3.63) is 36.7 Å². The Morgan fingerprint density at radius 2 is 1.95 bits per heavy atom. The van der Waals surface area contributed by atoms with Gasteiger partial charge in [0.2, 0.25) is 0 Å². The van der Waals surface area contributed by atoms with Crippen molar-refractivity contribution >= 4 is 17.5 Å². The molecule has 3 heterocycles. The second kappa shape index (κ2) is 6.25. The van der Waals surface area contributed by atoms with Gasteiger partial charge in [0.25, 0.3) is 5.91 Å². The van der Waals surface area contributed by atoms with E-state index in [2.05, 4.69) is 30.2 Å². The lowest BCUT2D eigenvalue weighted by atomic mass is 10.1. The minimum Gasteiger partial charge on any atom is -0.357 e. The Balaban J connectivity index is 1.74. The molecule has 1 amide bonds. The summed E-state index contributed by atoms with van der Waals surface area (Å²) in [6.07, 6.45) is 9.56. The monoisotopic (exact) mass is 284 g/mol. The maximum atomic E-state index is 12.2. The van der Waals surface area contributed by atoms with Gasteiger partial charge >= 0.3 is 0 Å². The van der Waals surface area contributed by atoms with Gasteiger partial charge in [-0.15, -0.1) is 0 Å². The molecule has 7 heteroatoms. The van der Waals surface area contributed by atoms with Crippen molar-refractivity contribution in [2.24, 2.45) is 0 Å². The van der Waals surface area contributed by atoms with Crippen molar-refractivity contribution in [1.82, 2.24) is 19.9 Å². The lowest BCUT2D eigenvalue weighted by Crippen LogP contribution is -2.30. The van der Waals surface area contributed by atoms with Gasteiger partial charge in [-0.25, -0.2) is 15.0 Å². The fourth-order valence-electron chi connectivity index (χ4n) is 2.31. The van der Waals surface area contributed by atoms with Crippen LogP contribution in [0, 0.1) is 0 Å². The van der Waals surface area contributed by atoms with Gasteiger partial charge in [0.05, 0.1) is 6.20 Å². The highest BCUT2D eigenvalue weighted by Gasteiger charge is 2.15. The van der Waals surface area contributed by atoms with Gasteiger partial charge in [0.1, 0.15) is 17.8 Å². The average molecular weight is 284 g/mol. The molecule has 0 aromatic carbocycles. The Morgan fingerprint density at radius 3 is 2.71 bits per heavy atom. The summed E-state index contributed by atoms with van der Waals surface area (Å²) >= 11 is 0. The van der Waals surface area contributed by atoms with E-state index in [9.17, 15) is 4.79 Å². The standard InChI is InChI=1S/C14H16N6O/c21-14(19-12-9-15-4-5-16-12)11-8-13(18-10-17-11)20-6-2-1-3-7-20/h4-5,8-10H,1-3,6-7H2,(H,16,19,21). The summed E-state index contributed by atoms with van der Waals surface area (Å²) in [4.78, 5) is 30.6. The van der Waals surface area contributed by atoms with E-state index in [1.807, 2.05) is 0 Å². The summed E-state index contributed by atoms with van der Waals surface area (Å²) in [5.74, 6) is 0.894. The zero-order chi connectivity index (χ0) is 14.5. The number of anilines is 2. The quantitative estimate of drug-likeness (QED) is 0.919. The molecule has 21 heavy (non-hydrogen) atoms. The maximum absolute atomic E-state index is 12.2. The van der Waals surface area contributed by atoms with Crippen molar-refractivity contribution in [3.8, 4) is 0 Å². The van der Waals surface area contributed by atoms with Gasteiger partial charge in [-0.1, -0.05) is 0 Å². The molecule has 3 rings (SSSR count). The Bertz CT molecular complexity index is 612. The highest BCUT2D eigenvalue weighted by molar-refractivity contribution is 6.02. The molecule has 1 saturated heterocycles. The number of amides is 1. The molecule has 0 atom stereocenters. The van der Waals surface area contributed by atoms with Gasteiger partial charge < -0.3 is 10.2 Å². The van der Waals surface area contributed by atoms with E-state index in [0.717, 1.165) is 31.7 Å². The summed E-state index contributed by atoms with van der Waals surface area (Å²) in [5, 5.41) is 2.67. The molecular weight excluding hydrogens is 268 g/mol. The van der Waals surface area contributed by atoms with Crippen LogP contribution >= 0.6 is 0 Å². The molecule has 7 nitrogen and oxygen atoms in total. The summed E-state index contributed by atoms with van der Waals surface area (Å²) in [7, 11) is 0. The first-order chi connectivity index (χ1) is 10.3. The van der Waals surface area contributed by atoms with E-state index in [4.69, 9.17) is 0 Å². The van der Waals surface area contributed by atoms with E-state index < -0.39 is 0 Å². The molecule has 0 bridgehead atoms. The number of hydrogen-bond acceptors (Lipinski definition) is 6. The number of nitrogens with one attached hydrogen (secondary N) is 1. The van der Waals surface area contributed by atoms with E-state index in [1.165, 1.54) is 25.1 Å². The minimum absolute atomic E-state index is 0.309. The molecule has 2 aromatic rings. The zero-order valence-electron chi connectivity index (χ0n) is 11.6. The molecule has 0 radical (unpaired) electrons. The first-order valence-corrected chi connectivity index (χ1v) is 6.97. The third kappa shape index (κ3) is 3.31. The summed E-state index contributed by atoms with van der Waals surface area (Å²) in [5.41, 5.74) is 0.330. The van der Waals surface area contributed by atoms with Gasteiger partial charge in [-0.05, 0) is 19.3 Å². The van der Waals surface area contributed by atoms with Crippen LogP contribution in [0.25, 0.3) is 0 Å². The molecule has 108 valence electrons. The number of piperidine rings is 1. The number of hydrogen-bond donors (Lipinski definition) is 1. The highest BCUT2D eigenvalue weighted by atomic mass is 16.1. The van der Waals surface area contributed by atoms with Crippen molar-refractivity contribution < 1.29 is 4.79 Å². The second-order valence-electron chi connectivity index (χ2n) is 4.85. The minimum atomic E-state index is -0.309. The first-order valence-electron chi connectivity index (χ1n) is 6.97. The van der Waals surface area contributed by atoms with Crippen molar-refractivity contribution in [2.75, 3.05) is 23.3 Å². The molecule has 1 aliphatic rings. The topological polar surface area (TPSA) is 83.9 Å². The van der Waals surface area contributed by atoms with Crippen LogP contribution in [0.15, 0.2) is 31.0 Å². The summed E-state index contributed by atoms with van der Waals surface area (Å²) in [6, 6.07) is 1.72. The number of carbonyl (C=O) groups is 1. The van der Waals surface area contributed by atoms with Crippen LogP contribution in [0.1, 0.15) is 29.8 Å². The number of carbonyl (C=O) groups excluding carboxylic acids is 1. The van der Waals surface area contributed by atoms with Gasteiger partial charge in [-0.3, -0.25) is 9.78 Å². The van der Waals surface area contributed by atoms with Crippen LogP contribution in [-0.4, -0.2) is 38.9 Å². The van der Waals surface area contributed by atoms with Crippen LogP contribution in [0.5, 0.6) is 0 Å². The summed E-state index contributed by atoms with van der Waals surface area (Å²) in [6.45, 7) is 1.95. The Hall–Kier alpha value is -2.57. The third-order valence-electron chi connectivity index (χ3n) is 3.37. The first kappa shape index (κ1) is 13.4. The predicted molar refractivity (Wildman–Crippen MR) is 78.1 cm³/mol. The molecule has 1 aliphatic heterocycles. The second-order valence-corrected chi connectivity index (χ2v) is 4.85. The van der Waals surface area contributed by atoms with Crippen LogP contribution < -0.4 is 10.2 Å². The van der Waals surface area contributed by atoms with Crippen LogP contribution in [-0.2, 0) is 0 Å². The summed E-state index contributed by atoms with van der Waals surface area (Å²) < 4.78 is 0. The molecular formula is C14H16N6O. The van der Waals surface area contributed by atoms with Gasteiger partial charge in [-0.2, -0.15) is 0 Å². The van der Waals surface area contributed by atoms with E-state index in [1.54, 1.807) is 12.3 Å². The molecule has 0 unspecified atom stereocenters. The molecule has 0 spiro atoms. The van der Waals surface area contributed by atoms with Gasteiger partial charge in [0, 0.05) is 31.5 Å². The molecule has 0 aliphatic carbocycles. The van der Waals surface area contributed by atoms with E-state index >= 15 is 0 Å². The predicted octanol–water partition coefficient (Wildman–Crippen LogP) is 1.51. The molecule has 1 N–H and O–H groups in total. The molecule has 0 saturated carbocycles. The fourth-order valence-corrected chi connectivity index (χ4v) is 2.31. The fraction of sp³-hybridized carbons (Fsp3) is 0.357. The average Bonchev–Trinajstić information content (AvgIpc) is 2.57. The number of aromatic nitrogens is 4. The van der Waals surface area contributed by atoms with E-state index in [0.29, 0.717) is 11.5 Å². The molecule has 1 fully saturated rings. The van der Waals surface area contributed by atoms with Crippen LogP contribution in [0.2, 0.25) is 0 Å². The van der Waals surface area contributed by atoms with Crippen molar-refractivity contribution in [2.45, 2.75) is 19.3 Å². The normalized spacial score (nSPS) is 14.8. The Kier molecular flexibility index (Phi) is 3.99.